The van der Waals surface area contributed by atoms with Crippen LogP contribution in [-0.4, -0.2) is 9.97 Å². The Morgan fingerprint density at radius 1 is 1.17 bits per heavy atom. The van der Waals surface area contributed by atoms with Gasteiger partial charge >= 0.3 is 0 Å². The number of aryl methyl sites for hydroxylation is 2. The average Bonchev–Trinajstić information content (AvgIpc) is 2.87. The molecule has 3 heteroatoms. The second-order valence-electron chi connectivity index (χ2n) is 4.85. The fraction of sp³-hybridized carbons (Fsp3) is 0.333. The summed E-state index contributed by atoms with van der Waals surface area (Å²) < 4.78 is 0. The van der Waals surface area contributed by atoms with Crippen LogP contribution in [0.5, 0.6) is 0 Å². The van der Waals surface area contributed by atoms with Crippen molar-refractivity contribution in [3.8, 4) is 0 Å². The SMILES string of the molecule is NC(Cc1ccccc1)c1ncc2c(n1)CCC2. The van der Waals surface area contributed by atoms with Gasteiger partial charge in [0, 0.05) is 11.9 Å². The highest BCUT2D eigenvalue weighted by Crippen LogP contribution is 2.21. The van der Waals surface area contributed by atoms with Crippen molar-refractivity contribution in [2.75, 3.05) is 0 Å². The zero-order valence-electron chi connectivity index (χ0n) is 10.3. The van der Waals surface area contributed by atoms with Gasteiger partial charge in [-0.1, -0.05) is 30.3 Å². The van der Waals surface area contributed by atoms with Crippen LogP contribution in [0.15, 0.2) is 36.5 Å². The van der Waals surface area contributed by atoms with E-state index in [9.17, 15) is 0 Å². The molecule has 2 N–H and O–H groups in total. The fourth-order valence-corrected chi connectivity index (χ4v) is 2.47. The maximum Gasteiger partial charge on any atom is 0.145 e. The minimum absolute atomic E-state index is 0.113. The molecule has 0 saturated heterocycles. The second-order valence-corrected chi connectivity index (χ2v) is 4.85. The topological polar surface area (TPSA) is 51.8 Å². The monoisotopic (exact) mass is 239 g/mol. The fourth-order valence-electron chi connectivity index (χ4n) is 2.47. The molecule has 0 radical (unpaired) electrons. The summed E-state index contributed by atoms with van der Waals surface area (Å²) in [6.45, 7) is 0. The van der Waals surface area contributed by atoms with Gasteiger partial charge in [0.05, 0.1) is 6.04 Å². The molecule has 1 unspecified atom stereocenters. The Kier molecular flexibility index (Phi) is 3.07. The van der Waals surface area contributed by atoms with Crippen LogP contribution in [0.4, 0.5) is 0 Å². The molecule has 0 fully saturated rings. The van der Waals surface area contributed by atoms with Crippen LogP contribution in [0.3, 0.4) is 0 Å². The molecule has 1 aromatic heterocycles. The first kappa shape index (κ1) is 11.4. The van der Waals surface area contributed by atoms with Crippen molar-refractivity contribution < 1.29 is 0 Å². The minimum atomic E-state index is -0.113. The quantitative estimate of drug-likeness (QED) is 0.893. The smallest absolute Gasteiger partial charge is 0.145 e. The van der Waals surface area contributed by atoms with E-state index in [-0.39, 0.29) is 6.04 Å². The number of hydrogen-bond donors (Lipinski definition) is 1. The molecule has 18 heavy (non-hydrogen) atoms. The number of aromatic nitrogens is 2. The number of nitrogens with zero attached hydrogens (tertiary/aromatic N) is 2. The summed E-state index contributed by atoms with van der Waals surface area (Å²) in [6, 6.07) is 10.1. The van der Waals surface area contributed by atoms with E-state index >= 15 is 0 Å². The van der Waals surface area contributed by atoms with Gasteiger partial charge < -0.3 is 5.73 Å². The van der Waals surface area contributed by atoms with Crippen LogP contribution in [0, 0.1) is 0 Å². The molecule has 1 atom stereocenters. The van der Waals surface area contributed by atoms with Gasteiger partial charge in [-0.3, -0.25) is 0 Å². The van der Waals surface area contributed by atoms with E-state index in [4.69, 9.17) is 5.73 Å². The van der Waals surface area contributed by atoms with Gasteiger partial charge in [-0.15, -0.1) is 0 Å². The predicted molar refractivity (Wildman–Crippen MR) is 71.1 cm³/mol. The molecule has 3 rings (SSSR count). The van der Waals surface area contributed by atoms with Gasteiger partial charge in [0.25, 0.3) is 0 Å². The Morgan fingerprint density at radius 2 is 2.00 bits per heavy atom. The zero-order valence-corrected chi connectivity index (χ0v) is 10.3. The molecular weight excluding hydrogens is 222 g/mol. The molecule has 0 aliphatic heterocycles. The van der Waals surface area contributed by atoms with E-state index in [1.165, 1.54) is 23.2 Å². The molecule has 2 aromatic rings. The number of benzene rings is 1. The summed E-state index contributed by atoms with van der Waals surface area (Å²) in [7, 11) is 0. The first-order valence-corrected chi connectivity index (χ1v) is 6.47. The van der Waals surface area contributed by atoms with Crippen LogP contribution < -0.4 is 5.73 Å². The van der Waals surface area contributed by atoms with Crippen molar-refractivity contribution >= 4 is 0 Å². The highest BCUT2D eigenvalue weighted by molar-refractivity contribution is 5.24. The second kappa shape index (κ2) is 4.86. The van der Waals surface area contributed by atoms with Crippen molar-refractivity contribution in [3.05, 3.63) is 59.2 Å². The van der Waals surface area contributed by atoms with Gasteiger partial charge in [0.2, 0.25) is 0 Å². The standard InChI is InChI=1S/C15H17N3/c16-13(9-11-5-2-1-3-6-11)15-17-10-12-7-4-8-14(12)18-15/h1-3,5-6,10,13H,4,7-9,16H2. The van der Waals surface area contributed by atoms with Gasteiger partial charge in [0.1, 0.15) is 5.82 Å². The number of hydrogen-bond acceptors (Lipinski definition) is 3. The van der Waals surface area contributed by atoms with Crippen molar-refractivity contribution in [2.24, 2.45) is 5.73 Å². The zero-order chi connectivity index (χ0) is 12.4. The third-order valence-corrected chi connectivity index (χ3v) is 3.46. The first-order valence-electron chi connectivity index (χ1n) is 6.47. The van der Waals surface area contributed by atoms with E-state index in [1.54, 1.807) is 0 Å². The van der Waals surface area contributed by atoms with E-state index in [0.717, 1.165) is 25.1 Å². The number of fused-ring (bicyclic) bond motifs is 1. The Morgan fingerprint density at radius 3 is 2.83 bits per heavy atom. The molecular formula is C15H17N3. The molecule has 1 heterocycles. The Labute approximate surface area is 107 Å². The Balaban J connectivity index is 1.78. The van der Waals surface area contributed by atoms with E-state index < -0.39 is 0 Å². The lowest BCUT2D eigenvalue weighted by Crippen LogP contribution is -2.17. The average molecular weight is 239 g/mol. The predicted octanol–water partition coefficient (Wildman–Crippen LogP) is 2.21. The molecule has 0 saturated carbocycles. The van der Waals surface area contributed by atoms with E-state index in [0.29, 0.717) is 0 Å². The lowest BCUT2D eigenvalue weighted by atomic mass is 10.1. The highest BCUT2D eigenvalue weighted by Gasteiger charge is 2.16. The molecule has 1 aliphatic rings. The highest BCUT2D eigenvalue weighted by atomic mass is 14.9. The maximum atomic E-state index is 6.20. The van der Waals surface area contributed by atoms with Crippen molar-refractivity contribution in [2.45, 2.75) is 31.7 Å². The van der Waals surface area contributed by atoms with E-state index in [1.807, 2.05) is 24.4 Å². The van der Waals surface area contributed by atoms with Crippen molar-refractivity contribution in [1.82, 2.24) is 9.97 Å². The molecule has 3 nitrogen and oxygen atoms in total. The maximum absolute atomic E-state index is 6.20. The molecule has 1 aromatic carbocycles. The molecule has 1 aliphatic carbocycles. The van der Waals surface area contributed by atoms with Gasteiger partial charge in [-0.05, 0) is 36.8 Å². The van der Waals surface area contributed by atoms with E-state index in [2.05, 4.69) is 22.1 Å². The van der Waals surface area contributed by atoms with Crippen LogP contribution in [-0.2, 0) is 19.3 Å². The summed E-state index contributed by atoms with van der Waals surface area (Å²) in [5.74, 6) is 0.777. The lowest BCUT2D eigenvalue weighted by Gasteiger charge is -2.11. The number of nitrogens with two attached hydrogens (primary N) is 1. The summed E-state index contributed by atoms with van der Waals surface area (Å²) in [6.07, 6.45) is 6.13. The molecule has 92 valence electrons. The molecule has 0 bridgehead atoms. The molecule has 0 amide bonds. The third-order valence-electron chi connectivity index (χ3n) is 3.46. The Hall–Kier alpha value is -1.74. The van der Waals surface area contributed by atoms with Crippen LogP contribution in [0.1, 0.15) is 35.1 Å². The summed E-state index contributed by atoms with van der Waals surface area (Å²) >= 11 is 0. The van der Waals surface area contributed by atoms with Gasteiger partial charge in [-0.2, -0.15) is 0 Å². The van der Waals surface area contributed by atoms with Crippen molar-refractivity contribution in [3.63, 3.8) is 0 Å². The first-order chi connectivity index (χ1) is 8.83. The Bertz CT molecular complexity index is 537. The normalized spacial score (nSPS) is 15.4. The van der Waals surface area contributed by atoms with Crippen LogP contribution in [0.2, 0.25) is 0 Å². The summed E-state index contributed by atoms with van der Waals surface area (Å²) in [5.41, 5.74) is 9.92. The lowest BCUT2D eigenvalue weighted by molar-refractivity contribution is 0.661. The third kappa shape index (κ3) is 2.27. The molecule has 0 spiro atoms. The number of rotatable bonds is 3. The van der Waals surface area contributed by atoms with Gasteiger partial charge in [-0.25, -0.2) is 9.97 Å². The summed E-state index contributed by atoms with van der Waals surface area (Å²) in [5, 5.41) is 0. The summed E-state index contributed by atoms with van der Waals surface area (Å²) in [4.78, 5) is 9.02. The van der Waals surface area contributed by atoms with Crippen LogP contribution >= 0.6 is 0 Å². The van der Waals surface area contributed by atoms with Crippen molar-refractivity contribution in [1.29, 1.82) is 0 Å². The van der Waals surface area contributed by atoms with Crippen LogP contribution in [0.25, 0.3) is 0 Å². The van der Waals surface area contributed by atoms with Gasteiger partial charge in [0.15, 0.2) is 0 Å². The minimum Gasteiger partial charge on any atom is -0.321 e. The largest absolute Gasteiger partial charge is 0.321 e.